The number of thiophene rings is 1. The van der Waals surface area contributed by atoms with Crippen molar-refractivity contribution in [3.8, 4) is 16.8 Å². The van der Waals surface area contributed by atoms with Gasteiger partial charge in [-0.1, -0.05) is 121 Å². The van der Waals surface area contributed by atoms with E-state index in [2.05, 4.69) is 192 Å². The minimum Gasteiger partial charge on any atom is -0.456 e. The molecule has 4 aromatic heterocycles. The fourth-order valence-electron chi connectivity index (χ4n) is 11.8. The summed E-state index contributed by atoms with van der Waals surface area (Å²) in [5.41, 5.74) is 18.9. The van der Waals surface area contributed by atoms with Gasteiger partial charge in [-0.25, -0.2) is 0 Å². The van der Waals surface area contributed by atoms with E-state index in [1.807, 2.05) is 11.3 Å². The van der Waals surface area contributed by atoms with Crippen LogP contribution in [0.5, 0.6) is 0 Å². The highest BCUT2D eigenvalue weighted by atomic mass is 32.1. The molecule has 0 unspecified atom stereocenters. The number of benzene rings is 8. The highest BCUT2D eigenvalue weighted by Crippen LogP contribution is 2.50. The maximum atomic E-state index is 7.01. The van der Waals surface area contributed by atoms with Gasteiger partial charge in [0.25, 0.3) is 0 Å². The van der Waals surface area contributed by atoms with Crippen LogP contribution in [0.2, 0.25) is 0 Å². The summed E-state index contributed by atoms with van der Waals surface area (Å²) >= 11 is 1.89. The molecule has 0 spiro atoms. The van der Waals surface area contributed by atoms with Gasteiger partial charge in [0.05, 0.1) is 5.52 Å². The van der Waals surface area contributed by atoms with E-state index >= 15 is 0 Å². The van der Waals surface area contributed by atoms with Gasteiger partial charge in [0.2, 0.25) is 0 Å². The quantitative estimate of drug-likeness (QED) is 0.180. The summed E-state index contributed by atoms with van der Waals surface area (Å²) in [6.45, 7) is 16.4. The first-order valence-corrected chi connectivity index (χ1v) is 24.4. The summed E-state index contributed by atoms with van der Waals surface area (Å²) in [7, 11) is 0.798. The third-order valence-corrected chi connectivity index (χ3v) is 16.8. The first-order chi connectivity index (χ1) is 31.8. The van der Waals surface area contributed by atoms with E-state index in [0.717, 1.165) is 75.6 Å². The molecule has 0 atom stereocenters. The molecule has 0 fully saturated rings. The van der Waals surface area contributed by atoms with E-state index in [1.165, 1.54) is 86.2 Å². The average molecular weight is 873 g/mol. The van der Waals surface area contributed by atoms with Gasteiger partial charge in [-0.3, -0.25) is 0 Å². The second-order valence-electron chi connectivity index (χ2n) is 21.6. The Hall–Kier alpha value is -6.76. The van der Waals surface area contributed by atoms with Crippen molar-refractivity contribution in [2.75, 3.05) is 5.32 Å². The summed E-state index contributed by atoms with van der Waals surface area (Å²) < 4.78 is 18.8. The van der Waals surface area contributed by atoms with Crippen molar-refractivity contribution in [3.05, 3.63) is 150 Å². The molecule has 66 heavy (non-hydrogen) atoms. The summed E-state index contributed by atoms with van der Waals surface area (Å²) in [4.78, 5) is 0. The number of anilines is 2. The van der Waals surface area contributed by atoms with Crippen LogP contribution in [0, 0.1) is 0 Å². The van der Waals surface area contributed by atoms with Crippen LogP contribution in [-0.4, -0.2) is 11.8 Å². The molecule has 1 aliphatic carbocycles. The van der Waals surface area contributed by atoms with Gasteiger partial charge >= 0.3 is 0 Å². The number of aromatic nitrogens is 1. The highest BCUT2D eigenvalue weighted by Gasteiger charge is 2.38. The molecule has 8 aromatic carbocycles. The van der Waals surface area contributed by atoms with Crippen molar-refractivity contribution >= 4 is 127 Å². The molecule has 2 aliphatic rings. The lowest BCUT2D eigenvalue weighted by Crippen LogP contribution is -2.37. The molecule has 0 amide bonds. The van der Waals surface area contributed by atoms with Gasteiger partial charge in [0.15, 0.2) is 7.28 Å². The van der Waals surface area contributed by atoms with E-state index in [0.29, 0.717) is 0 Å². The number of nitrogens with one attached hydrogen (secondary N) is 1. The van der Waals surface area contributed by atoms with Gasteiger partial charge in [-0.2, -0.15) is 0 Å². The number of rotatable bonds is 3. The lowest BCUT2D eigenvalue weighted by atomic mass is 9.59. The van der Waals surface area contributed by atoms with Crippen LogP contribution in [0.1, 0.15) is 78.0 Å². The molecule has 5 heterocycles. The predicted octanol–water partition coefficient (Wildman–Crippen LogP) is 15.7. The van der Waals surface area contributed by atoms with E-state index in [-0.39, 0.29) is 16.2 Å². The Morgan fingerprint density at radius 3 is 2.05 bits per heavy atom. The summed E-state index contributed by atoms with van der Waals surface area (Å²) in [5.74, 6) is 0. The zero-order valence-corrected chi connectivity index (χ0v) is 39.3. The lowest BCUT2D eigenvalue weighted by Gasteiger charge is -2.41. The average Bonchev–Trinajstić information content (AvgIpc) is 4.05. The van der Waals surface area contributed by atoms with Crippen LogP contribution in [0.4, 0.5) is 11.4 Å². The van der Waals surface area contributed by atoms with Crippen molar-refractivity contribution in [2.45, 2.75) is 77.6 Å². The Balaban J connectivity index is 1.06. The second kappa shape index (κ2) is 13.0. The number of hydrogen-bond donors (Lipinski definition) is 1. The number of para-hydroxylation sites is 1. The standard InChI is InChI=1S/C60H49BN2O2S/c1-58(2,3)32-16-18-33(19-17-32)62-47-26-41-40-24-44-45(60(6,7)23-22-59(44,4)5)30-53(40)65-51(41)28-38(47)36-20-21-37-39-29-52-42(34-12-8-10-14-50(34)64-52)27-48(39)63-49-31-55-43(25-46(49)61-56(36)57(37)63)35-13-9-11-15-54(35)66-55/h8-21,24-31,61-62H,22-23H2,1-7H3. The number of fused-ring (bicyclic) bond motifs is 15. The molecule has 4 nitrogen and oxygen atoms in total. The molecule has 1 aliphatic heterocycles. The maximum Gasteiger partial charge on any atom is 0.198 e. The van der Waals surface area contributed by atoms with Crippen molar-refractivity contribution in [1.29, 1.82) is 0 Å². The minimum absolute atomic E-state index is 0.0587. The normalized spacial score (nSPS) is 15.4. The van der Waals surface area contributed by atoms with Gasteiger partial charge in [0, 0.05) is 75.2 Å². The molecule has 0 saturated heterocycles. The van der Waals surface area contributed by atoms with Crippen LogP contribution in [0.25, 0.3) is 103 Å². The van der Waals surface area contributed by atoms with Gasteiger partial charge in [0.1, 0.15) is 22.3 Å². The number of furan rings is 2. The molecule has 0 saturated carbocycles. The van der Waals surface area contributed by atoms with Crippen molar-refractivity contribution in [3.63, 3.8) is 0 Å². The third-order valence-electron chi connectivity index (χ3n) is 15.6. The molecule has 14 rings (SSSR count). The molecule has 0 bridgehead atoms. The smallest absolute Gasteiger partial charge is 0.198 e. The molecule has 12 aromatic rings. The van der Waals surface area contributed by atoms with Crippen LogP contribution in [0.15, 0.2) is 142 Å². The molecular weight excluding hydrogens is 824 g/mol. The second-order valence-corrected chi connectivity index (χ2v) is 22.7. The summed E-state index contributed by atoms with van der Waals surface area (Å²) in [6, 6.07) is 50.1. The monoisotopic (exact) mass is 872 g/mol. The molecule has 6 heteroatoms. The lowest BCUT2D eigenvalue weighted by molar-refractivity contribution is 0.332. The van der Waals surface area contributed by atoms with E-state index in [9.17, 15) is 0 Å². The Morgan fingerprint density at radius 1 is 0.561 bits per heavy atom. The highest BCUT2D eigenvalue weighted by molar-refractivity contribution is 7.25. The Kier molecular flexibility index (Phi) is 7.58. The van der Waals surface area contributed by atoms with Gasteiger partial charge in [-0.05, 0) is 129 Å². The SMILES string of the molecule is CC(C)(C)c1ccc(Nc2cc3c(cc2-c2ccc4c5cc6oc7ccccc7c6cc5n5c4c2Bc2cc4c(cc2-5)sc2ccccc24)oc2cc4c(cc23)C(C)(C)CCC4(C)C)cc1. The molecule has 1 N–H and O–H groups in total. The Labute approximate surface area is 388 Å². The molecule has 320 valence electrons. The van der Waals surface area contributed by atoms with Crippen molar-refractivity contribution < 1.29 is 8.83 Å². The van der Waals surface area contributed by atoms with E-state index < -0.39 is 0 Å². The summed E-state index contributed by atoms with van der Waals surface area (Å²) in [5, 5.41) is 13.7. The maximum absolute atomic E-state index is 7.01. The summed E-state index contributed by atoms with van der Waals surface area (Å²) in [6.07, 6.45) is 2.32. The van der Waals surface area contributed by atoms with E-state index in [4.69, 9.17) is 8.83 Å². The minimum atomic E-state index is 0.0587. The largest absolute Gasteiger partial charge is 0.456 e. The third kappa shape index (κ3) is 5.39. The number of nitrogens with zero attached hydrogens (tertiary/aromatic N) is 1. The fraction of sp³-hybridized carbons (Fsp3) is 0.200. The van der Waals surface area contributed by atoms with Crippen LogP contribution >= 0.6 is 11.3 Å². The predicted molar refractivity (Wildman–Crippen MR) is 284 cm³/mol. The van der Waals surface area contributed by atoms with Crippen LogP contribution < -0.4 is 16.2 Å². The van der Waals surface area contributed by atoms with Crippen LogP contribution in [-0.2, 0) is 16.2 Å². The van der Waals surface area contributed by atoms with E-state index in [1.54, 1.807) is 0 Å². The first-order valence-electron chi connectivity index (χ1n) is 23.6. The van der Waals surface area contributed by atoms with Gasteiger partial charge in [-0.15, -0.1) is 11.3 Å². The van der Waals surface area contributed by atoms with Gasteiger partial charge < -0.3 is 18.7 Å². The van der Waals surface area contributed by atoms with Crippen molar-refractivity contribution in [2.24, 2.45) is 0 Å². The molecule has 0 radical (unpaired) electrons. The topological polar surface area (TPSA) is 43.2 Å². The Bertz CT molecular complexity index is 4090. The zero-order valence-electron chi connectivity index (χ0n) is 38.5. The molecular formula is C60H49BN2O2S. The van der Waals surface area contributed by atoms with Crippen LogP contribution in [0.3, 0.4) is 0 Å². The zero-order chi connectivity index (χ0) is 44.6. The van der Waals surface area contributed by atoms with Crippen molar-refractivity contribution in [1.82, 2.24) is 4.57 Å². The first kappa shape index (κ1) is 38.5. The number of hydrogen-bond acceptors (Lipinski definition) is 4. The fourth-order valence-corrected chi connectivity index (χ4v) is 13.0. The Morgan fingerprint density at radius 2 is 1.24 bits per heavy atom.